The van der Waals surface area contributed by atoms with Crippen LogP contribution in [0.5, 0.6) is 0 Å². The van der Waals surface area contributed by atoms with Crippen molar-refractivity contribution >= 4 is 18.2 Å². The summed E-state index contributed by atoms with van der Waals surface area (Å²) in [5.74, 6) is -0.853. The van der Waals surface area contributed by atoms with Gasteiger partial charge in [0.1, 0.15) is 25.4 Å². The average Bonchev–Trinajstić information content (AvgIpc) is 1.97. The Morgan fingerprint density at radius 3 is 2.50 bits per heavy atom. The Hall–Kier alpha value is -1.39. The molecule has 0 saturated carbocycles. The Bertz CT molecular complexity index is 175. The Morgan fingerprint density at radius 2 is 2.00 bits per heavy atom. The first-order chi connectivity index (χ1) is 5.66. The number of esters is 1. The smallest absolute Gasteiger partial charge is 0.313 e. The van der Waals surface area contributed by atoms with Crippen LogP contribution in [0, 0.1) is 0 Å². The third kappa shape index (κ3) is 6.73. The first-order valence-electron chi connectivity index (χ1n) is 3.37. The van der Waals surface area contributed by atoms with Gasteiger partial charge in [-0.1, -0.05) is 0 Å². The maximum Gasteiger partial charge on any atom is 0.313 e. The molecule has 0 unspecified atom stereocenters. The summed E-state index contributed by atoms with van der Waals surface area (Å²) < 4.78 is 8.76. The van der Waals surface area contributed by atoms with E-state index < -0.39 is 5.97 Å². The fourth-order valence-electron chi connectivity index (χ4n) is 0.506. The molecule has 5 heteroatoms. The monoisotopic (exact) mass is 174 g/mol. The quantitative estimate of drug-likeness (QED) is 0.239. The van der Waals surface area contributed by atoms with Crippen molar-refractivity contribution in [3.8, 4) is 0 Å². The number of carbonyl (C=O) groups is 3. The van der Waals surface area contributed by atoms with Crippen molar-refractivity contribution in [3.63, 3.8) is 0 Å². The van der Waals surface area contributed by atoms with E-state index in [4.69, 9.17) is 0 Å². The number of ketones is 1. The van der Waals surface area contributed by atoms with Gasteiger partial charge in [0.25, 0.3) is 6.47 Å². The van der Waals surface area contributed by atoms with Gasteiger partial charge < -0.3 is 9.47 Å². The van der Waals surface area contributed by atoms with Crippen LogP contribution in [0.4, 0.5) is 0 Å². The summed E-state index contributed by atoms with van der Waals surface area (Å²) in [5.41, 5.74) is 0. The average molecular weight is 174 g/mol. The van der Waals surface area contributed by atoms with Crippen LogP contribution < -0.4 is 0 Å². The molecule has 0 bridgehead atoms. The predicted octanol–water partition coefficient (Wildman–Crippen LogP) is -0.318. The Balaban J connectivity index is 3.31. The van der Waals surface area contributed by atoms with Gasteiger partial charge in [-0.3, -0.25) is 14.4 Å². The standard InChI is InChI=1S/C7H10O5/c1-6(9)4-7(10)12-3-2-11-5-8/h5H,2-4H2,1H3. The minimum Gasteiger partial charge on any atom is -0.464 e. The van der Waals surface area contributed by atoms with Gasteiger partial charge in [0.15, 0.2) is 0 Å². The molecule has 0 aromatic rings. The van der Waals surface area contributed by atoms with E-state index in [1.807, 2.05) is 0 Å². The highest BCUT2D eigenvalue weighted by Crippen LogP contribution is 1.87. The SMILES string of the molecule is CC(=O)CC(=O)OCCOC=O. The van der Waals surface area contributed by atoms with Crippen LogP contribution in [0.3, 0.4) is 0 Å². The fourth-order valence-corrected chi connectivity index (χ4v) is 0.506. The van der Waals surface area contributed by atoms with Crippen LogP contribution >= 0.6 is 0 Å². The molecule has 68 valence electrons. The molecule has 0 aliphatic rings. The lowest BCUT2D eigenvalue weighted by atomic mass is 10.3. The van der Waals surface area contributed by atoms with E-state index in [-0.39, 0.29) is 31.9 Å². The topological polar surface area (TPSA) is 69.7 Å². The molecule has 5 nitrogen and oxygen atoms in total. The Labute approximate surface area is 69.6 Å². The van der Waals surface area contributed by atoms with Crippen molar-refractivity contribution in [2.24, 2.45) is 0 Å². The summed E-state index contributed by atoms with van der Waals surface area (Å²) in [6.07, 6.45) is -0.235. The largest absolute Gasteiger partial charge is 0.464 e. The molecular formula is C7H10O5. The van der Waals surface area contributed by atoms with Crippen molar-refractivity contribution in [1.29, 1.82) is 0 Å². The summed E-state index contributed by atoms with van der Waals surface area (Å²) in [4.78, 5) is 30.6. The van der Waals surface area contributed by atoms with Crippen LogP contribution in [0.2, 0.25) is 0 Å². The number of hydrogen-bond donors (Lipinski definition) is 0. The van der Waals surface area contributed by atoms with Crippen molar-refractivity contribution in [2.45, 2.75) is 13.3 Å². The number of rotatable bonds is 6. The second kappa shape index (κ2) is 6.33. The Kier molecular flexibility index (Phi) is 5.60. The van der Waals surface area contributed by atoms with E-state index in [0.29, 0.717) is 0 Å². The first-order valence-corrected chi connectivity index (χ1v) is 3.37. The lowest BCUT2D eigenvalue weighted by molar-refractivity contribution is -0.149. The molecule has 0 heterocycles. The molecule has 0 saturated heterocycles. The predicted molar refractivity (Wildman–Crippen MR) is 38.3 cm³/mol. The molecule has 0 N–H and O–H groups in total. The summed E-state index contributed by atoms with van der Waals surface area (Å²) in [6.45, 7) is 1.57. The molecule has 12 heavy (non-hydrogen) atoms. The summed E-state index contributed by atoms with van der Waals surface area (Å²) in [5, 5.41) is 0. The summed E-state index contributed by atoms with van der Waals surface area (Å²) >= 11 is 0. The van der Waals surface area contributed by atoms with E-state index in [0.717, 1.165) is 0 Å². The number of carbonyl (C=O) groups excluding carboxylic acids is 3. The minimum atomic E-state index is -0.600. The molecule has 0 amide bonds. The summed E-state index contributed by atoms with van der Waals surface area (Å²) in [6, 6.07) is 0. The second-order valence-electron chi connectivity index (χ2n) is 2.07. The molecular weight excluding hydrogens is 164 g/mol. The van der Waals surface area contributed by atoms with E-state index in [1.165, 1.54) is 6.92 Å². The van der Waals surface area contributed by atoms with Crippen LogP contribution in [0.1, 0.15) is 13.3 Å². The molecule has 0 spiro atoms. The van der Waals surface area contributed by atoms with Gasteiger partial charge in [-0.25, -0.2) is 0 Å². The third-order valence-electron chi connectivity index (χ3n) is 0.926. The molecule has 0 fully saturated rings. The Morgan fingerprint density at radius 1 is 1.33 bits per heavy atom. The van der Waals surface area contributed by atoms with Crippen molar-refractivity contribution in [1.82, 2.24) is 0 Å². The third-order valence-corrected chi connectivity index (χ3v) is 0.926. The first kappa shape index (κ1) is 10.6. The number of hydrogen-bond acceptors (Lipinski definition) is 5. The van der Waals surface area contributed by atoms with Crippen LogP contribution in [0.25, 0.3) is 0 Å². The second-order valence-corrected chi connectivity index (χ2v) is 2.07. The maximum atomic E-state index is 10.6. The van der Waals surface area contributed by atoms with Gasteiger partial charge in [0.05, 0.1) is 0 Å². The lowest BCUT2D eigenvalue weighted by Crippen LogP contribution is -2.12. The summed E-state index contributed by atoms with van der Waals surface area (Å²) in [7, 11) is 0. The van der Waals surface area contributed by atoms with Gasteiger partial charge in [-0.2, -0.15) is 0 Å². The lowest BCUT2D eigenvalue weighted by Gasteiger charge is -2.01. The zero-order chi connectivity index (χ0) is 9.40. The van der Waals surface area contributed by atoms with Crippen LogP contribution in [-0.4, -0.2) is 31.4 Å². The van der Waals surface area contributed by atoms with E-state index in [2.05, 4.69) is 9.47 Å². The van der Waals surface area contributed by atoms with Crippen LogP contribution in [-0.2, 0) is 23.9 Å². The van der Waals surface area contributed by atoms with Crippen molar-refractivity contribution in [3.05, 3.63) is 0 Å². The number of Topliss-reactive ketones (excluding diaryl/α,β-unsaturated/α-hetero) is 1. The zero-order valence-electron chi connectivity index (χ0n) is 6.74. The van der Waals surface area contributed by atoms with Gasteiger partial charge in [-0.15, -0.1) is 0 Å². The van der Waals surface area contributed by atoms with Gasteiger partial charge in [0.2, 0.25) is 0 Å². The van der Waals surface area contributed by atoms with Crippen LogP contribution in [0.15, 0.2) is 0 Å². The molecule has 0 aromatic heterocycles. The van der Waals surface area contributed by atoms with Gasteiger partial charge in [-0.05, 0) is 6.92 Å². The van der Waals surface area contributed by atoms with Gasteiger partial charge in [0, 0.05) is 0 Å². The van der Waals surface area contributed by atoms with E-state index in [9.17, 15) is 14.4 Å². The van der Waals surface area contributed by atoms with E-state index in [1.54, 1.807) is 0 Å². The normalized spacial score (nSPS) is 8.75. The molecule has 0 aliphatic heterocycles. The molecule has 0 atom stereocenters. The van der Waals surface area contributed by atoms with E-state index >= 15 is 0 Å². The minimum absolute atomic E-state index is 0.00907. The maximum absolute atomic E-state index is 10.6. The molecule has 0 radical (unpaired) electrons. The van der Waals surface area contributed by atoms with Crippen molar-refractivity contribution in [2.75, 3.05) is 13.2 Å². The molecule has 0 aliphatic carbocycles. The highest BCUT2D eigenvalue weighted by molar-refractivity contribution is 5.94. The molecule has 0 rings (SSSR count). The highest BCUT2D eigenvalue weighted by Gasteiger charge is 2.05. The van der Waals surface area contributed by atoms with Crippen molar-refractivity contribution < 1.29 is 23.9 Å². The highest BCUT2D eigenvalue weighted by atomic mass is 16.6. The fraction of sp³-hybridized carbons (Fsp3) is 0.571. The molecule has 0 aromatic carbocycles. The zero-order valence-corrected chi connectivity index (χ0v) is 6.74. The number of ether oxygens (including phenoxy) is 2. The van der Waals surface area contributed by atoms with Gasteiger partial charge >= 0.3 is 5.97 Å².